The maximum Gasteiger partial charge on any atom is 0.319 e. The van der Waals surface area contributed by atoms with Gasteiger partial charge in [-0.3, -0.25) is 0 Å². The number of carbonyl (C=O) groups is 1. The standard InChI is InChI=1S/C18H24N4OS2/c23-18(19-8-12-24-14-16-5-4-11-25-16)21-15-6-7-17(20-13-15)22-9-2-1-3-10-22/h4-7,11,13H,1-3,8-10,12,14H2,(H2,19,21,23). The van der Waals surface area contributed by atoms with Crippen molar-refractivity contribution in [1.29, 1.82) is 0 Å². The summed E-state index contributed by atoms with van der Waals surface area (Å²) in [5.74, 6) is 2.90. The zero-order valence-corrected chi connectivity index (χ0v) is 15.9. The van der Waals surface area contributed by atoms with E-state index in [0.29, 0.717) is 6.54 Å². The Morgan fingerprint density at radius 2 is 2.12 bits per heavy atom. The molecule has 134 valence electrons. The molecule has 1 aliphatic heterocycles. The van der Waals surface area contributed by atoms with Gasteiger partial charge in [0, 0.05) is 36.0 Å². The number of nitrogens with zero attached hydrogens (tertiary/aromatic N) is 2. The molecule has 2 N–H and O–H groups in total. The van der Waals surface area contributed by atoms with Gasteiger partial charge in [0.15, 0.2) is 0 Å². The maximum absolute atomic E-state index is 11.9. The van der Waals surface area contributed by atoms with Gasteiger partial charge in [-0.2, -0.15) is 11.8 Å². The van der Waals surface area contributed by atoms with Crippen molar-refractivity contribution in [3.8, 4) is 0 Å². The Labute approximate surface area is 157 Å². The Balaban J connectivity index is 1.34. The Bertz CT molecular complexity index is 640. The number of nitrogens with one attached hydrogen (secondary N) is 2. The van der Waals surface area contributed by atoms with Crippen LogP contribution in [0.15, 0.2) is 35.8 Å². The van der Waals surface area contributed by atoms with Gasteiger partial charge >= 0.3 is 6.03 Å². The highest BCUT2D eigenvalue weighted by atomic mass is 32.2. The van der Waals surface area contributed by atoms with Crippen LogP contribution in [0.25, 0.3) is 0 Å². The van der Waals surface area contributed by atoms with Gasteiger partial charge in [-0.15, -0.1) is 11.3 Å². The summed E-state index contributed by atoms with van der Waals surface area (Å²) in [5.41, 5.74) is 0.726. The van der Waals surface area contributed by atoms with E-state index in [9.17, 15) is 4.79 Å². The van der Waals surface area contributed by atoms with Crippen LogP contribution < -0.4 is 15.5 Å². The molecule has 7 heteroatoms. The van der Waals surface area contributed by atoms with Crippen LogP contribution in [0.4, 0.5) is 16.3 Å². The Kier molecular flexibility index (Phi) is 6.99. The topological polar surface area (TPSA) is 57.3 Å². The van der Waals surface area contributed by atoms with Crippen LogP contribution in [0.1, 0.15) is 24.1 Å². The van der Waals surface area contributed by atoms with Gasteiger partial charge in [-0.05, 0) is 42.8 Å². The van der Waals surface area contributed by atoms with Crippen molar-refractivity contribution in [2.24, 2.45) is 0 Å². The number of rotatable bonds is 7. The minimum atomic E-state index is -0.177. The molecule has 0 bridgehead atoms. The van der Waals surface area contributed by atoms with Crippen molar-refractivity contribution in [1.82, 2.24) is 10.3 Å². The van der Waals surface area contributed by atoms with E-state index < -0.39 is 0 Å². The van der Waals surface area contributed by atoms with Crippen molar-refractivity contribution in [2.45, 2.75) is 25.0 Å². The summed E-state index contributed by atoms with van der Waals surface area (Å²) in [6.07, 6.45) is 5.50. The summed E-state index contributed by atoms with van der Waals surface area (Å²) < 4.78 is 0. The third kappa shape index (κ3) is 5.93. The molecule has 2 amide bonds. The summed E-state index contributed by atoms with van der Waals surface area (Å²) in [5, 5.41) is 7.81. The van der Waals surface area contributed by atoms with E-state index >= 15 is 0 Å². The molecular weight excluding hydrogens is 352 g/mol. The monoisotopic (exact) mass is 376 g/mol. The zero-order valence-electron chi connectivity index (χ0n) is 14.2. The number of aromatic nitrogens is 1. The molecule has 0 spiro atoms. The van der Waals surface area contributed by atoms with Crippen molar-refractivity contribution in [3.63, 3.8) is 0 Å². The van der Waals surface area contributed by atoms with Crippen LogP contribution in [0.2, 0.25) is 0 Å². The molecule has 1 fully saturated rings. The first kappa shape index (κ1) is 18.1. The van der Waals surface area contributed by atoms with E-state index in [1.807, 2.05) is 23.9 Å². The first-order chi connectivity index (χ1) is 12.3. The highest BCUT2D eigenvalue weighted by molar-refractivity contribution is 7.98. The van der Waals surface area contributed by atoms with Crippen molar-refractivity contribution in [2.75, 3.05) is 35.6 Å². The fourth-order valence-corrected chi connectivity index (χ4v) is 4.45. The summed E-state index contributed by atoms with van der Waals surface area (Å²) in [6.45, 7) is 2.80. The Hall–Kier alpha value is -1.73. The molecule has 2 aromatic heterocycles. The molecule has 1 aliphatic rings. The molecule has 3 heterocycles. The third-order valence-electron chi connectivity index (χ3n) is 4.04. The maximum atomic E-state index is 11.9. The number of urea groups is 1. The average Bonchev–Trinajstić information content (AvgIpc) is 3.16. The Morgan fingerprint density at radius 1 is 1.24 bits per heavy atom. The average molecular weight is 377 g/mol. The van der Waals surface area contributed by atoms with E-state index in [4.69, 9.17) is 0 Å². The molecule has 1 saturated heterocycles. The number of anilines is 2. The molecule has 0 aromatic carbocycles. The number of piperidine rings is 1. The van der Waals surface area contributed by atoms with E-state index in [1.54, 1.807) is 17.5 Å². The second kappa shape index (κ2) is 9.68. The predicted octanol–water partition coefficient (Wildman–Crippen LogP) is 4.19. The fourth-order valence-electron chi connectivity index (χ4n) is 2.75. The first-order valence-corrected chi connectivity index (χ1v) is 10.7. The molecular formula is C18H24N4OS2. The lowest BCUT2D eigenvalue weighted by Gasteiger charge is -2.27. The van der Waals surface area contributed by atoms with Crippen LogP contribution in [-0.4, -0.2) is 36.4 Å². The smallest absolute Gasteiger partial charge is 0.319 e. The third-order valence-corrected chi connectivity index (χ3v) is 6.11. The van der Waals surface area contributed by atoms with Crippen molar-refractivity contribution in [3.05, 3.63) is 40.7 Å². The zero-order chi connectivity index (χ0) is 17.3. The number of carbonyl (C=O) groups excluding carboxylic acids is 1. The lowest BCUT2D eigenvalue weighted by Crippen LogP contribution is -2.31. The van der Waals surface area contributed by atoms with E-state index in [-0.39, 0.29) is 6.03 Å². The largest absolute Gasteiger partial charge is 0.357 e. The number of pyridine rings is 1. The summed E-state index contributed by atoms with van der Waals surface area (Å²) >= 11 is 3.60. The van der Waals surface area contributed by atoms with Crippen LogP contribution >= 0.6 is 23.1 Å². The molecule has 2 aromatic rings. The number of thioether (sulfide) groups is 1. The molecule has 0 saturated carbocycles. The van der Waals surface area contributed by atoms with Gasteiger partial charge in [0.2, 0.25) is 0 Å². The van der Waals surface area contributed by atoms with Gasteiger partial charge < -0.3 is 15.5 Å². The van der Waals surface area contributed by atoms with Crippen LogP contribution in [-0.2, 0) is 5.75 Å². The van der Waals surface area contributed by atoms with Gasteiger partial charge in [-0.1, -0.05) is 6.07 Å². The predicted molar refractivity (Wildman–Crippen MR) is 108 cm³/mol. The molecule has 0 aliphatic carbocycles. The Morgan fingerprint density at radius 3 is 2.84 bits per heavy atom. The summed E-state index contributed by atoms with van der Waals surface area (Å²) in [4.78, 5) is 20.1. The lowest BCUT2D eigenvalue weighted by molar-refractivity contribution is 0.252. The van der Waals surface area contributed by atoms with Crippen LogP contribution in [0, 0.1) is 0 Å². The minimum Gasteiger partial charge on any atom is -0.357 e. The summed E-state index contributed by atoms with van der Waals surface area (Å²) in [6, 6.07) is 7.93. The number of hydrogen-bond donors (Lipinski definition) is 2. The molecule has 0 unspecified atom stereocenters. The van der Waals surface area contributed by atoms with Gasteiger partial charge in [-0.25, -0.2) is 9.78 Å². The molecule has 0 atom stereocenters. The highest BCUT2D eigenvalue weighted by Gasteiger charge is 2.12. The number of amides is 2. The molecule has 3 rings (SSSR count). The van der Waals surface area contributed by atoms with Crippen molar-refractivity contribution >= 4 is 40.6 Å². The highest BCUT2D eigenvalue weighted by Crippen LogP contribution is 2.19. The van der Waals surface area contributed by atoms with E-state index in [0.717, 1.165) is 36.1 Å². The number of hydrogen-bond acceptors (Lipinski definition) is 5. The molecule has 0 radical (unpaired) electrons. The van der Waals surface area contributed by atoms with Crippen LogP contribution in [0.5, 0.6) is 0 Å². The molecule has 25 heavy (non-hydrogen) atoms. The normalized spacial score (nSPS) is 14.3. The SMILES string of the molecule is O=C(NCCSCc1cccs1)Nc1ccc(N2CCCCC2)nc1. The van der Waals surface area contributed by atoms with E-state index in [2.05, 4.69) is 38.0 Å². The fraction of sp³-hybridized carbons (Fsp3) is 0.444. The lowest BCUT2D eigenvalue weighted by atomic mass is 10.1. The quantitative estimate of drug-likeness (QED) is 0.712. The van der Waals surface area contributed by atoms with Crippen LogP contribution in [0.3, 0.4) is 0 Å². The van der Waals surface area contributed by atoms with Gasteiger partial charge in [0.05, 0.1) is 11.9 Å². The number of thiophene rings is 1. The van der Waals surface area contributed by atoms with E-state index in [1.165, 1.54) is 24.1 Å². The second-order valence-corrected chi connectivity index (χ2v) is 8.10. The second-order valence-electron chi connectivity index (χ2n) is 5.97. The minimum absolute atomic E-state index is 0.177. The molecule has 5 nitrogen and oxygen atoms in total. The van der Waals surface area contributed by atoms with Crippen molar-refractivity contribution < 1.29 is 4.79 Å². The van der Waals surface area contributed by atoms with Gasteiger partial charge in [0.25, 0.3) is 0 Å². The first-order valence-electron chi connectivity index (χ1n) is 8.67. The van der Waals surface area contributed by atoms with Gasteiger partial charge in [0.1, 0.15) is 5.82 Å². The summed E-state index contributed by atoms with van der Waals surface area (Å²) in [7, 11) is 0.